The molecule has 2 aromatic carbocycles. The van der Waals surface area contributed by atoms with Gasteiger partial charge in [0.15, 0.2) is 0 Å². The van der Waals surface area contributed by atoms with Crippen LogP contribution in [0, 0.1) is 12.7 Å². The predicted molar refractivity (Wildman–Crippen MR) is 80.2 cm³/mol. The molecule has 0 aromatic heterocycles. The number of carbonyl (C=O) groups excluding carboxylic acids is 1. The molecule has 104 valence electrons. The van der Waals surface area contributed by atoms with Gasteiger partial charge in [0.2, 0.25) is 0 Å². The highest BCUT2D eigenvalue weighted by molar-refractivity contribution is 6.42. The highest BCUT2D eigenvalue weighted by Gasteiger charge is 2.08. The van der Waals surface area contributed by atoms with Gasteiger partial charge in [-0.3, -0.25) is 0 Å². The normalized spacial score (nSPS) is 10.2. The topological polar surface area (TPSA) is 41.1 Å². The number of carbonyl (C=O) groups is 1. The van der Waals surface area contributed by atoms with E-state index in [9.17, 15) is 9.18 Å². The van der Waals surface area contributed by atoms with Gasteiger partial charge in [-0.1, -0.05) is 29.3 Å². The van der Waals surface area contributed by atoms with Crippen molar-refractivity contribution < 1.29 is 9.18 Å². The summed E-state index contributed by atoms with van der Waals surface area (Å²) >= 11 is 11.6. The van der Waals surface area contributed by atoms with E-state index in [1.807, 2.05) is 0 Å². The van der Waals surface area contributed by atoms with Crippen molar-refractivity contribution in [2.45, 2.75) is 6.92 Å². The molecule has 0 bridgehead atoms. The smallest absolute Gasteiger partial charge is 0.308 e. The number of amides is 2. The molecule has 2 rings (SSSR count). The Bertz CT molecular complexity index is 662. The van der Waals surface area contributed by atoms with Gasteiger partial charge in [0.25, 0.3) is 0 Å². The first-order chi connectivity index (χ1) is 9.47. The van der Waals surface area contributed by atoms with Gasteiger partial charge in [0, 0.05) is 16.9 Å². The minimum absolute atomic E-state index is 0.339. The summed E-state index contributed by atoms with van der Waals surface area (Å²) < 4.78 is 13.4. The molecule has 0 aliphatic carbocycles. The predicted octanol–water partition coefficient (Wildman–Crippen LogP) is 5.08. The van der Waals surface area contributed by atoms with Crippen LogP contribution >= 0.6 is 23.2 Å². The quantitative estimate of drug-likeness (QED) is 0.797. The van der Waals surface area contributed by atoms with Crippen LogP contribution in [0.1, 0.15) is 5.56 Å². The first-order valence-electron chi connectivity index (χ1n) is 5.75. The van der Waals surface area contributed by atoms with E-state index >= 15 is 0 Å². The van der Waals surface area contributed by atoms with E-state index < -0.39 is 6.03 Å². The van der Waals surface area contributed by atoms with Crippen molar-refractivity contribution in [3.8, 4) is 0 Å². The third kappa shape index (κ3) is 3.40. The van der Waals surface area contributed by atoms with Crippen molar-refractivity contribution in [2.75, 3.05) is 10.6 Å². The Morgan fingerprint density at radius 1 is 1.10 bits per heavy atom. The Balaban J connectivity index is 2.09. The minimum atomic E-state index is -0.489. The Kier molecular flexibility index (Phi) is 4.47. The highest BCUT2D eigenvalue weighted by atomic mass is 35.5. The molecule has 0 unspecified atom stereocenters. The molecular formula is C14H11Cl2FN2O. The van der Waals surface area contributed by atoms with Crippen LogP contribution in [0.4, 0.5) is 20.6 Å². The zero-order valence-corrected chi connectivity index (χ0v) is 12.0. The van der Waals surface area contributed by atoms with Crippen LogP contribution in [-0.2, 0) is 0 Å². The van der Waals surface area contributed by atoms with Gasteiger partial charge in [0.05, 0.1) is 10.0 Å². The second-order valence-corrected chi connectivity index (χ2v) is 4.93. The number of anilines is 2. The molecule has 0 saturated carbocycles. The molecule has 20 heavy (non-hydrogen) atoms. The number of hydrogen-bond donors (Lipinski definition) is 2. The molecule has 2 aromatic rings. The third-order valence-electron chi connectivity index (χ3n) is 2.69. The lowest BCUT2D eigenvalue weighted by molar-refractivity contribution is 0.262. The average molecular weight is 313 g/mol. The van der Waals surface area contributed by atoms with E-state index in [0.717, 1.165) is 0 Å². The van der Waals surface area contributed by atoms with Crippen LogP contribution in [0.2, 0.25) is 10.0 Å². The number of rotatable bonds is 2. The average Bonchev–Trinajstić information content (AvgIpc) is 2.39. The molecule has 0 spiro atoms. The SMILES string of the molecule is Cc1c(F)cccc1NC(=O)Nc1ccc(Cl)c(Cl)c1. The fourth-order valence-corrected chi connectivity index (χ4v) is 1.90. The van der Waals surface area contributed by atoms with Crippen LogP contribution in [0.3, 0.4) is 0 Å². The van der Waals surface area contributed by atoms with Gasteiger partial charge in [-0.15, -0.1) is 0 Å². The summed E-state index contributed by atoms with van der Waals surface area (Å²) in [6.45, 7) is 1.59. The Labute approximate surface area is 125 Å². The summed E-state index contributed by atoms with van der Waals surface area (Å²) in [5.74, 6) is -0.377. The maximum absolute atomic E-state index is 13.4. The van der Waals surface area contributed by atoms with E-state index in [1.165, 1.54) is 18.2 Å². The summed E-state index contributed by atoms with van der Waals surface area (Å²) in [4.78, 5) is 11.8. The molecule has 0 heterocycles. The summed E-state index contributed by atoms with van der Waals surface area (Å²) in [6.07, 6.45) is 0. The lowest BCUT2D eigenvalue weighted by Gasteiger charge is -2.10. The minimum Gasteiger partial charge on any atom is -0.308 e. The Morgan fingerprint density at radius 3 is 2.55 bits per heavy atom. The van der Waals surface area contributed by atoms with E-state index in [0.29, 0.717) is 27.0 Å². The fourth-order valence-electron chi connectivity index (χ4n) is 1.60. The second-order valence-electron chi connectivity index (χ2n) is 4.12. The van der Waals surface area contributed by atoms with E-state index in [2.05, 4.69) is 10.6 Å². The largest absolute Gasteiger partial charge is 0.323 e. The van der Waals surface area contributed by atoms with Crippen molar-refractivity contribution in [1.29, 1.82) is 0 Å². The molecule has 0 aliphatic heterocycles. The summed E-state index contributed by atoms with van der Waals surface area (Å²) in [5, 5.41) is 5.90. The van der Waals surface area contributed by atoms with Crippen molar-refractivity contribution >= 4 is 40.6 Å². The van der Waals surface area contributed by atoms with Gasteiger partial charge in [-0.05, 0) is 37.3 Å². The van der Waals surface area contributed by atoms with Crippen LogP contribution in [0.25, 0.3) is 0 Å². The summed E-state index contributed by atoms with van der Waals surface area (Å²) in [7, 11) is 0. The number of nitrogens with one attached hydrogen (secondary N) is 2. The van der Waals surface area contributed by atoms with E-state index in [1.54, 1.807) is 25.1 Å². The van der Waals surface area contributed by atoms with Crippen LogP contribution in [-0.4, -0.2) is 6.03 Å². The molecule has 0 atom stereocenters. The van der Waals surface area contributed by atoms with Gasteiger partial charge >= 0.3 is 6.03 Å². The standard InChI is InChI=1S/C14H11Cl2FN2O/c1-8-12(17)3-2-4-13(8)19-14(20)18-9-5-6-10(15)11(16)7-9/h2-7H,1H3,(H2,18,19,20). The molecule has 0 radical (unpaired) electrons. The second kappa shape index (κ2) is 6.11. The molecule has 2 N–H and O–H groups in total. The molecule has 3 nitrogen and oxygen atoms in total. The molecular weight excluding hydrogens is 302 g/mol. The number of halogens is 3. The lowest BCUT2D eigenvalue weighted by Crippen LogP contribution is -2.20. The zero-order valence-electron chi connectivity index (χ0n) is 10.5. The highest BCUT2D eigenvalue weighted by Crippen LogP contribution is 2.25. The Hall–Kier alpha value is -1.78. The van der Waals surface area contributed by atoms with E-state index in [-0.39, 0.29) is 5.82 Å². The monoisotopic (exact) mass is 312 g/mol. The van der Waals surface area contributed by atoms with Crippen molar-refractivity contribution in [3.63, 3.8) is 0 Å². The van der Waals surface area contributed by atoms with Gasteiger partial charge in [-0.25, -0.2) is 9.18 Å². The maximum atomic E-state index is 13.4. The fraction of sp³-hybridized carbons (Fsp3) is 0.0714. The van der Waals surface area contributed by atoms with E-state index in [4.69, 9.17) is 23.2 Å². The van der Waals surface area contributed by atoms with Crippen molar-refractivity contribution in [1.82, 2.24) is 0 Å². The van der Waals surface area contributed by atoms with Crippen LogP contribution in [0.15, 0.2) is 36.4 Å². The molecule has 0 aliphatic rings. The third-order valence-corrected chi connectivity index (χ3v) is 3.43. The first-order valence-corrected chi connectivity index (χ1v) is 6.51. The Morgan fingerprint density at radius 2 is 1.85 bits per heavy atom. The van der Waals surface area contributed by atoms with Gasteiger partial charge in [0.1, 0.15) is 5.82 Å². The van der Waals surface area contributed by atoms with Crippen LogP contribution < -0.4 is 10.6 Å². The maximum Gasteiger partial charge on any atom is 0.323 e. The molecule has 6 heteroatoms. The van der Waals surface area contributed by atoms with Gasteiger partial charge < -0.3 is 10.6 Å². The first kappa shape index (κ1) is 14.6. The molecule has 0 fully saturated rings. The molecule has 2 amide bonds. The van der Waals surface area contributed by atoms with Crippen molar-refractivity contribution in [2.24, 2.45) is 0 Å². The van der Waals surface area contributed by atoms with Crippen molar-refractivity contribution in [3.05, 3.63) is 57.8 Å². The zero-order chi connectivity index (χ0) is 14.7. The summed E-state index contributed by atoms with van der Waals surface area (Å²) in [6, 6.07) is 8.71. The molecule has 0 saturated heterocycles. The number of benzene rings is 2. The van der Waals surface area contributed by atoms with Crippen LogP contribution in [0.5, 0.6) is 0 Å². The summed E-state index contributed by atoms with van der Waals surface area (Å²) in [5.41, 5.74) is 1.27. The number of urea groups is 1. The van der Waals surface area contributed by atoms with Gasteiger partial charge in [-0.2, -0.15) is 0 Å². The lowest BCUT2D eigenvalue weighted by atomic mass is 10.2. The number of hydrogen-bond acceptors (Lipinski definition) is 1.